The maximum Gasteiger partial charge on any atom is 0.259 e. The molecule has 0 atom stereocenters. The van der Waals surface area contributed by atoms with Crippen LogP contribution in [0.1, 0.15) is 15.9 Å². The fraction of sp³-hybridized carbons (Fsp3) is 0.111. The molecule has 0 saturated heterocycles. The molecule has 0 fully saturated rings. The number of hydrogen-bond acceptors (Lipinski definition) is 5. The van der Waals surface area contributed by atoms with E-state index in [1.807, 2.05) is 43.6 Å². The van der Waals surface area contributed by atoms with Crippen LogP contribution in [-0.4, -0.2) is 32.8 Å². The second kappa shape index (κ2) is 8.98. The summed E-state index contributed by atoms with van der Waals surface area (Å²) in [7, 11) is 3.35. The van der Waals surface area contributed by atoms with Crippen LogP contribution in [0.25, 0.3) is 33.4 Å². The van der Waals surface area contributed by atoms with E-state index < -0.39 is 11.7 Å². The molecule has 8 heteroatoms. The molecule has 5 aromatic rings. The van der Waals surface area contributed by atoms with E-state index in [9.17, 15) is 9.18 Å². The Labute approximate surface area is 201 Å². The molecule has 174 valence electrons. The minimum absolute atomic E-state index is 0.0159. The molecule has 0 bridgehead atoms. The number of rotatable bonds is 5. The summed E-state index contributed by atoms with van der Waals surface area (Å²) in [5, 5.41) is 8.14. The molecule has 2 aromatic heterocycles. The Kier molecular flexibility index (Phi) is 5.70. The summed E-state index contributed by atoms with van der Waals surface area (Å²) >= 11 is 0. The summed E-state index contributed by atoms with van der Waals surface area (Å²) in [6.45, 7) is 1.69. The van der Waals surface area contributed by atoms with Crippen LogP contribution < -0.4 is 10.1 Å². The average molecular weight is 468 g/mol. The number of aryl methyl sites for hydroxylation is 2. The van der Waals surface area contributed by atoms with E-state index in [4.69, 9.17) is 4.74 Å². The summed E-state index contributed by atoms with van der Waals surface area (Å²) in [5.41, 5.74) is 4.74. The van der Waals surface area contributed by atoms with Crippen LogP contribution in [0.15, 0.2) is 73.2 Å². The molecule has 0 unspecified atom stereocenters. The number of halogens is 1. The van der Waals surface area contributed by atoms with Gasteiger partial charge in [-0.25, -0.2) is 14.4 Å². The van der Waals surface area contributed by atoms with Gasteiger partial charge >= 0.3 is 0 Å². The number of fused-ring (bicyclic) bond motifs is 1. The summed E-state index contributed by atoms with van der Waals surface area (Å²) in [5.74, 6) is -0.754. The second-order valence-corrected chi connectivity index (χ2v) is 8.11. The van der Waals surface area contributed by atoms with Crippen LogP contribution in [0.2, 0.25) is 0 Å². The van der Waals surface area contributed by atoms with Gasteiger partial charge in [0.2, 0.25) is 0 Å². The molecule has 0 aliphatic rings. The number of aromatic nitrogens is 4. The van der Waals surface area contributed by atoms with E-state index in [2.05, 4.69) is 20.4 Å². The van der Waals surface area contributed by atoms with Crippen molar-refractivity contribution in [1.82, 2.24) is 19.7 Å². The summed E-state index contributed by atoms with van der Waals surface area (Å²) in [6, 6.07) is 17.8. The maximum atomic E-state index is 14.4. The van der Waals surface area contributed by atoms with Gasteiger partial charge in [-0.3, -0.25) is 9.48 Å². The molecule has 7 nitrogen and oxygen atoms in total. The van der Waals surface area contributed by atoms with Gasteiger partial charge in [-0.1, -0.05) is 42.5 Å². The molecule has 5 rings (SSSR count). The summed E-state index contributed by atoms with van der Waals surface area (Å²) < 4.78 is 21.7. The van der Waals surface area contributed by atoms with Crippen molar-refractivity contribution >= 4 is 22.5 Å². The Morgan fingerprint density at radius 3 is 2.57 bits per heavy atom. The molecule has 0 aliphatic carbocycles. The number of ether oxygens (including phenoxy) is 1. The quantitative estimate of drug-likeness (QED) is 0.374. The van der Waals surface area contributed by atoms with Crippen LogP contribution in [-0.2, 0) is 7.05 Å². The van der Waals surface area contributed by atoms with Crippen LogP contribution in [0, 0.1) is 12.7 Å². The highest BCUT2D eigenvalue weighted by molar-refractivity contribution is 6.08. The van der Waals surface area contributed by atoms with Crippen molar-refractivity contribution in [2.24, 2.45) is 7.05 Å². The first kappa shape index (κ1) is 22.2. The molecular formula is C27H22FN5O2. The number of methoxy groups -OCH3 is 1. The Hall–Kier alpha value is -4.59. The smallest absolute Gasteiger partial charge is 0.259 e. The molecule has 1 N–H and O–H groups in total. The van der Waals surface area contributed by atoms with Gasteiger partial charge in [0.05, 0.1) is 29.6 Å². The lowest BCUT2D eigenvalue weighted by atomic mass is 10.0. The molecule has 0 saturated carbocycles. The lowest BCUT2D eigenvalue weighted by molar-refractivity contribution is 0.102. The highest BCUT2D eigenvalue weighted by Crippen LogP contribution is 2.37. The van der Waals surface area contributed by atoms with E-state index in [1.165, 1.54) is 19.5 Å². The maximum absolute atomic E-state index is 14.4. The number of anilines is 1. The van der Waals surface area contributed by atoms with E-state index in [1.54, 1.807) is 35.9 Å². The SMILES string of the molecule is COc1cc2ncnc(-c3cn(C)nc3-c3ccccc3)c2cc1NC(=O)c1c(C)cccc1F. The predicted octanol–water partition coefficient (Wildman–Crippen LogP) is 5.41. The highest BCUT2D eigenvalue weighted by Gasteiger charge is 2.20. The number of nitrogens with one attached hydrogen (secondary N) is 1. The van der Waals surface area contributed by atoms with Crippen LogP contribution in [0.3, 0.4) is 0 Å². The lowest BCUT2D eigenvalue weighted by Crippen LogP contribution is -2.16. The van der Waals surface area contributed by atoms with Gasteiger partial charge in [-0.15, -0.1) is 0 Å². The Balaban J connectivity index is 1.65. The van der Waals surface area contributed by atoms with Crippen molar-refractivity contribution in [1.29, 1.82) is 0 Å². The molecule has 0 radical (unpaired) electrons. The molecular weight excluding hydrogens is 445 g/mol. The van der Waals surface area contributed by atoms with Gasteiger partial charge in [0.25, 0.3) is 5.91 Å². The lowest BCUT2D eigenvalue weighted by Gasteiger charge is -2.14. The Morgan fingerprint density at radius 2 is 1.83 bits per heavy atom. The molecule has 1 amide bonds. The third-order valence-corrected chi connectivity index (χ3v) is 5.78. The second-order valence-electron chi connectivity index (χ2n) is 8.11. The van der Waals surface area contributed by atoms with Crippen LogP contribution in [0.5, 0.6) is 5.75 Å². The molecule has 0 spiro atoms. The number of amides is 1. The summed E-state index contributed by atoms with van der Waals surface area (Å²) in [4.78, 5) is 22.0. The zero-order valence-corrected chi connectivity index (χ0v) is 19.4. The fourth-order valence-electron chi connectivity index (χ4n) is 4.14. The number of nitrogens with zero attached hydrogens (tertiary/aromatic N) is 4. The molecule has 3 aromatic carbocycles. The first-order chi connectivity index (χ1) is 17.0. The average Bonchev–Trinajstić information content (AvgIpc) is 3.25. The first-order valence-electron chi connectivity index (χ1n) is 10.9. The summed E-state index contributed by atoms with van der Waals surface area (Å²) in [6.07, 6.45) is 3.38. The van der Waals surface area contributed by atoms with Crippen molar-refractivity contribution < 1.29 is 13.9 Å². The van der Waals surface area contributed by atoms with Gasteiger partial charge in [0.1, 0.15) is 23.6 Å². The van der Waals surface area contributed by atoms with Crippen LogP contribution in [0.4, 0.5) is 10.1 Å². The number of benzene rings is 3. The first-order valence-corrected chi connectivity index (χ1v) is 10.9. The Bertz CT molecular complexity index is 1540. The van der Waals surface area contributed by atoms with E-state index in [0.29, 0.717) is 33.6 Å². The number of carbonyl (C=O) groups excluding carboxylic acids is 1. The largest absolute Gasteiger partial charge is 0.494 e. The predicted molar refractivity (Wildman–Crippen MR) is 133 cm³/mol. The normalized spacial score (nSPS) is 11.0. The van der Waals surface area contributed by atoms with Crippen molar-refractivity contribution in [3.05, 3.63) is 90.1 Å². The molecule has 0 aliphatic heterocycles. The van der Waals surface area contributed by atoms with Crippen LogP contribution >= 0.6 is 0 Å². The minimum atomic E-state index is -0.589. The fourth-order valence-corrected chi connectivity index (χ4v) is 4.14. The molecule has 35 heavy (non-hydrogen) atoms. The zero-order valence-electron chi connectivity index (χ0n) is 19.4. The van der Waals surface area contributed by atoms with Gasteiger partial charge in [0.15, 0.2) is 0 Å². The third-order valence-electron chi connectivity index (χ3n) is 5.78. The van der Waals surface area contributed by atoms with Gasteiger partial charge in [0, 0.05) is 35.8 Å². The highest BCUT2D eigenvalue weighted by atomic mass is 19.1. The third kappa shape index (κ3) is 4.10. The zero-order chi connectivity index (χ0) is 24.5. The van der Waals surface area contributed by atoms with Crippen molar-refractivity contribution in [3.8, 4) is 28.3 Å². The molecule has 2 heterocycles. The monoisotopic (exact) mass is 467 g/mol. The Morgan fingerprint density at radius 1 is 1.03 bits per heavy atom. The van der Waals surface area contributed by atoms with Crippen molar-refractivity contribution in [2.75, 3.05) is 12.4 Å². The number of carbonyl (C=O) groups is 1. The minimum Gasteiger partial charge on any atom is -0.494 e. The van der Waals surface area contributed by atoms with Crippen molar-refractivity contribution in [3.63, 3.8) is 0 Å². The van der Waals surface area contributed by atoms with E-state index in [0.717, 1.165) is 16.8 Å². The van der Waals surface area contributed by atoms with Gasteiger partial charge in [-0.2, -0.15) is 5.10 Å². The standard InChI is InChI=1S/C27H22FN5O2/c1-16-8-7-11-20(28)24(16)27(34)31-22-12-18-21(13-23(22)35-3)29-15-30-26(18)19-14-33(2)32-25(19)17-9-5-4-6-10-17/h4-15H,1-3H3,(H,31,34). The van der Waals surface area contributed by atoms with Gasteiger partial charge in [-0.05, 0) is 24.6 Å². The van der Waals surface area contributed by atoms with Gasteiger partial charge < -0.3 is 10.1 Å². The van der Waals surface area contributed by atoms with E-state index in [-0.39, 0.29) is 5.56 Å². The van der Waals surface area contributed by atoms with E-state index >= 15 is 0 Å². The number of hydrogen-bond donors (Lipinski definition) is 1. The topological polar surface area (TPSA) is 81.9 Å². The van der Waals surface area contributed by atoms with Crippen molar-refractivity contribution in [2.45, 2.75) is 6.92 Å².